The minimum absolute atomic E-state index is 0.127. The second kappa shape index (κ2) is 6.81. The summed E-state index contributed by atoms with van der Waals surface area (Å²) in [5.74, 6) is -0.145. The van der Waals surface area contributed by atoms with Crippen molar-refractivity contribution in [1.29, 1.82) is 0 Å². The number of anilines is 2. The van der Waals surface area contributed by atoms with Crippen molar-refractivity contribution in [3.63, 3.8) is 0 Å². The fourth-order valence-corrected chi connectivity index (χ4v) is 2.72. The highest BCUT2D eigenvalue weighted by Crippen LogP contribution is 2.26. The van der Waals surface area contributed by atoms with Gasteiger partial charge < -0.3 is 16.0 Å². The molecule has 0 aliphatic carbocycles. The topological polar surface area (TPSA) is 70.2 Å². The molecule has 0 atom stereocenters. The van der Waals surface area contributed by atoms with Gasteiger partial charge >= 0.3 is 6.03 Å². The highest BCUT2D eigenvalue weighted by Gasteiger charge is 2.26. The summed E-state index contributed by atoms with van der Waals surface area (Å²) in [5.41, 5.74) is 1.11. The quantitative estimate of drug-likeness (QED) is 0.787. The number of carbonyl (C=O) groups excluding carboxylic acids is 2. The van der Waals surface area contributed by atoms with E-state index in [1.807, 2.05) is 13.8 Å². The summed E-state index contributed by atoms with van der Waals surface area (Å²) in [6.45, 7) is 11.9. The third-order valence-corrected chi connectivity index (χ3v) is 2.86. The first-order chi connectivity index (χ1) is 9.97. The zero-order chi connectivity index (χ0) is 17.0. The van der Waals surface area contributed by atoms with Gasteiger partial charge in [0.2, 0.25) is 5.91 Å². The van der Waals surface area contributed by atoms with E-state index >= 15 is 0 Å². The zero-order valence-corrected chi connectivity index (χ0v) is 14.3. The van der Waals surface area contributed by atoms with E-state index in [-0.39, 0.29) is 22.9 Å². The summed E-state index contributed by atoms with van der Waals surface area (Å²) >= 11 is 0. The molecule has 0 bridgehead atoms. The Balaban J connectivity index is 2.67. The number of hydrogen-bond acceptors (Lipinski definition) is 2. The number of amides is 3. The Labute approximate surface area is 132 Å². The molecule has 0 spiro atoms. The molecule has 0 heterocycles. The van der Waals surface area contributed by atoms with Gasteiger partial charge in [-0.25, -0.2) is 4.79 Å². The molecule has 3 N–H and O–H groups in total. The fourth-order valence-electron chi connectivity index (χ4n) is 2.72. The molecule has 3 amide bonds. The molecule has 1 aromatic carbocycles. The molecule has 0 aliphatic rings. The summed E-state index contributed by atoms with van der Waals surface area (Å²) in [6.07, 6.45) is 0.860. The maximum absolute atomic E-state index is 12.1. The van der Waals surface area contributed by atoms with E-state index in [9.17, 15) is 9.59 Å². The Morgan fingerprint density at radius 1 is 1.00 bits per heavy atom. The maximum Gasteiger partial charge on any atom is 0.319 e. The summed E-state index contributed by atoms with van der Waals surface area (Å²) in [6, 6.07) is 6.79. The number of hydrogen-bond donors (Lipinski definition) is 3. The molecule has 122 valence electrons. The molecule has 0 aliphatic heterocycles. The van der Waals surface area contributed by atoms with E-state index in [2.05, 4.69) is 36.7 Å². The van der Waals surface area contributed by atoms with Gasteiger partial charge in [-0.15, -0.1) is 0 Å². The Kier molecular flexibility index (Phi) is 5.58. The van der Waals surface area contributed by atoms with Gasteiger partial charge in [-0.1, -0.05) is 26.8 Å². The number of rotatable bonds is 4. The first kappa shape index (κ1) is 18.0. The van der Waals surface area contributed by atoms with Gasteiger partial charge in [0.1, 0.15) is 0 Å². The summed E-state index contributed by atoms with van der Waals surface area (Å²) in [7, 11) is 0. The summed E-state index contributed by atoms with van der Waals surface area (Å²) < 4.78 is 0. The Bertz CT molecular complexity index is 545. The van der Waals surface area contributed by atoms with Crippen LogP contribution in [0.5, 0.6) is 0 Å². The average Bonchev–Trinajstić information content (AvgIpc) is 2.22. The average molecular weight is 305 g/mol. The smallest absolute Gasteiger partial charge is 0.319 e. The standard InChI is InChI=1S/C17H27N3O2/c1-12(21)18-13-8-7-9-14(10-13)19-15(22)20-17(5,6)11-16(2,3)4/h7-10H,11H2,1-6H3,(H,18,21)(H2,19,20,22). The van der Waals surface area contributed by atoms with Gasteiger partial charge in [-0.05, 0) is 43.9 Å². The second-order valence-electron chi connectivity index (χ2n) is 7.46. The zero-order valence-electron chi connectivity index (χ0n) is 14.3. The molecule has 1 aromatic rings. The van der Waals surface area contributed by atoms with Crippen molar-refractivity contribution in [2.75, 3.05) is 10.6 Å². The van der Waals surface area contributed by atoms with Crippen molar-refractivity contribution in [3.8, 4) is 0 Å². The lowest BCUT2D eigenvalue weighted by Gasteiger charge is -2.33. The first-order valence-corrected chi connectivity index (χ1v) is 7.44. The Morgan fingerprint density at radius 2 is 1.55 bits per heavy atom. The van der Waals surface area contributed by atoms with Crippen molar-refractivity contribution in [2.24, 2.45) is 5.41 Å². The van der Waals surface area contributed by atoms with E-state index in [1.54, 1.807) is 24.3 Å². The molecule has 0 saturated heterocycles. The predicted molar refractivity (Wildman–Crippen MR) is 91.1 cm³/mol. The Morgan fingerprint density at radius 3 is 2.05 bits per heavy atom. The van der Waals surface area contributed by atoms with Crippen LogP contribution in [0, 0.1) is 5.41 Å². The van der Waals surface area contributed by atoms with Crippen LogP contribution in [0.3, 0.4) is 0 Å². The summed E-state index contributed by atoms with van der Waals surface area (Å²) in [5, 5.41) is 8.47. The van der Waals surface area contributed by atoms with E-state index in [0.717, 1.165) is 6.42 Å². The van der Waals surface area contributed by atoms with Crippen molar-refractivity contribution >= 4 is 23.3 Å². The van der Waals surface area contributed by atoms with Gasteiger partial charge in [-0.3, -0.25) is 4.79 Å². The predicted octanol–water partition coefficient (Wildman–Crippen LogP) is 3.98. The Hall–Kier alpha value is -2.04. The summed E-state index contributed by atoms with van der Waals surface area (Å²) in [4.78, 5) is 23.2. The molecule has 0 saturated carbocycles. The van der Waals surface area contributed by atoms with Gasteiger partial charge in [0, 0.05) is 23.8 Å². The van der Waals surface area contributed by atoms with Crippen LogP contribution in [-0.2, 0) is 4.79 Å². The number of benzene rings is 1. The molecule has 22 heavy (non-hydrogen) atoms. The molecule has 0 fully saturated rings. The van der Waals surface area contributed by atoms with Gasteiger partial charge in [0.05, 0.1) is 0 Å². The van der Waals surface area contributed by atoms with Gasteiger partial charge in [0.25, 0.3) is 0 Å². The van der Waals surface area contributed by atoms with Crippen molar-refractivity contribution < 1.29 is 9.59 Å². The SMILES string of the molecule is CC(=O)Nc1cccc(NC(=O)NC(C)(C)CC(C)(C)C)c1. The number of carbonyl (C=O) groups is 2. The third-order valence-electron chi connectivity index (χ3n) is 2.86. The van der Waals surface area contributed by atoms with Crippen molar-refractivity contribution in [2.45, 2.75) is 53.5 Å². The molecule has 5 heteroatoms. The van der Waals surface area contributed by atoms with Crippen LogP contribution in [0.2, 0.25) is 0 Å². The normalized spacial score (nSPS) is 11.7. The van der Waals surface area contributed by atoms with E-state index < -0.39 is 0 Å². The molecular weight excluding hydrogens is 278 g/mol. The minimum Gasteiger partial charge on any atom is -0.333 e. The van der Waals surface area contributed by atoms with Gasteiger partial charge in [-0.2, -0.15) is 0 Å². The van der Waals surface area contributed by atoms with Crippen LogP contribution in [0.25, 0.3) is 0 Å². The van der Waals surface area contributed by atoms with Gasteiger partial charge in [0.15, 0.2) is 0 Å². The highest BCUT2D eigenvalue weighted by molar-refractivity contribution is 5.92. The van der Waals surface area contributed by atoms with Crippen molar-refractivity contribution in [1.82, 2.24) is 5.32 Å². The van der Waals surface area contributed by atoms with Crippen LogP contribution >= 0.6 is 0 Å². The molecule has 0 unspecified atom stereocenters. The van der Waals surface area contributed by atoms with E-state index in [0.29, 0.717) is 11.4 Å². The molecule has 5 nitrogen and oxygen atoms in total. The third kappa shape index (κ3) is 7.11. The number of urea groups is 1. The second-order valence-corrected chi connectivity index (χ2v) is 7.46. The van der Waals surface area contributed by atoms with Crippen LogP contribution in [0.4, 0.5) is 16.2 Å². The minimum atomic E-state index is -0.308. The first-order valence-electron chi connectivity index (χ1n) is 7.44. The fraction of sp³-hybridized carbons (Fsp3) is 0.529. The molecule has 0 aromatic heterocycles. The lowest BCUT2D eigenvalue weighted by atomic mass is 9.82. The lowest BCUT2D eigenvalue weighted by molar-refractivity contribution is -0.114. The molecule has 1 rings (SSSR count). The van der Waals surface area contributed by atoms with E-state index in [1.165, 1.54) is 6.92 Å². The molecular formula is C17H27N3O2. The van der Waals surface area contributed by atoms with E-state index in [4.69, 9.17) is 0 Å². The monoisotopic (exact) mass is 305 g/mol. The van der Waals surface area contributed by atoms with Crippen LogP contribution in [-0.4, -0.2) is 17.5 Å². The largest absolute Gasteiger partial charge is 0.333 e. The molecule has 0 radical (unpaired) electrons. The van der Waals surface area contributed by atoms with Crippen molar-refractivity contribution in [3.05, 3.63) is 24.3 Å². The van der Waals surface area contributed by atoms with Crippen LogP contribution in [0.1, 0.15) is 48.0 Å². The lowest BCUT2D eigenvalue weighted by Crippen LogP contribution is -2.47. The maximum atomic E-state index is 12.1. The van der Waals surface area contributed by atoms with Crippen LogP contribution < -0.4 is 16.0 Å². The van der Waals surface area contributed by atoms with Crippen LogP contribution in [0.15, 0.2) is 24.3 Å². The highest BCUT2D eigenvalue weighted by atomic mass is 16.2. The number of nitrogens with one attached hydrogen (secondary N) is 3.